The van der Waals surface area contributed by atoms with Crippen molar-refractivity contribution in [3.05, 3.63) is 54.1 Å². The molecule has 27 heavy (non-hydrogen) atoms. The second kappa shape index (κ2) is 8.58. The summed E-state index contributed by atoms with van der Waals surface area (Å²) in [5.74, 6) is 1.45. The van der Waals surface area contributed by atoms with E-state index in [4.69, 9.17) is 9.47 Å². The van der Waals surface area contributed by atoms with E-state index in [0.29, 0.717) is 18.6 Å². The second-order valence-electron chi connectivity index (χ2n) is 6.56. The third kappa shape index (κ3) is 4.78. The zero-order valence-corrected chi connectivity index (χ0v) is 15.6. The van der Waals surface area contributed by atoms with Crippen molar-refractivity contribution in [3.8, 4) is 11.5 Å². The van der Waals surface area contributed by atoms with Crippen LogP contribution in [0.4, 0.5) is 5.69 Å². The van der Waals surface area contributed by atoms with Gasteiger partial charge in [-0.1, -0.05) is 0 Å². The Labute approximate surface area is 159 Å². The lowest BCUT2D eigenvalue weighted by Gasteiger charge is -2.17. The molecule has 6 heteroatoms. The number of anilines is 1. The minimum atomic E-state index is -0.167. The number of benzene rings is 2. The van der Waals surface area contributed by atoms with Crippen LogP contribution >= 0.6 is 0 Å². The molecule has 1 heterocycles. The molecule has 3 rings (SSSR count). The van der Waals surface area contributed by atoms with E-state index < -0.39 is 0 Å². The van der Waals surface area contributed by atoms with E-state index in [2.05, 4.69) is 5.32 Å². The lowest BCUT2D eigenvalue weighted by atomic mass is 10.1. The van der Waals surface area contributed by atoms with Crippen LogP contribution in [0.5, 0.6) is 11.5 Å². The van der Waals surface area contributed by atoms with Gasteiger partial charge in [0.2, 0.25) is 5.91 Å². The van der Waals surface area contributed by atoms with Gasteiger partial charge in [-0.3, -0.25) is 9.59 Å². The van der Waals surface area contributed by atoms with Crippen LogP contribution < -0.4 is 19.7 Å². The predicted molar refractivity (Wildman–Crippen MR) is 103 cm³/mol. The van der Waals surface area contributed by atoms with Crippen LogP contribution in [0.3, 0.4) is 0 Å². The fourth-order valence-corrected chi connectivity index (χ4v) is 2.96. The number of nitrogens with zero attached hydrogens (tertiary/aromatic N) is 1. The van der Waals surface area contributed by atoms with Crippen molar-refractivity contribution in [2.45, 2.75) is 25.8 Å². The molecule has 0 radical (unpaired) electrons. The SMILES string of the molecule is COc1ccc(OCC(C)NC(=O)c2ccc(N3CCCC3=O)cc2)cc1. The number of nitrogens with one attached hydrogen (secondary N) is 1. The summed E-state index contributed by atoms with van der Waals surface area (Å²) < 4.78 is 10.8. The molecular formula is C21H24N2O4. The van der Waals surface area contributed by atoms with Gasteiger partial charge >= 0.3 is 0 Å². The summed E-state index contributed by atoms with van der Waals surface area (Å²) >= 11 is 0. The van der Waals surface area contributed by atoms with Crippen molar-refractivity contribution in [1.82, 2.24) is 5.32 Å². The maximum absolute atomic E-state index is 12.4. The van der Waals surface area contributed by atoms with Crippen LogP contribution in [0.2, 0.25) is 0 Å². The number of rotatable bonds is 7. The smallest absolute Gasteiger partial charge is 0.251 e. The Hall–Kier alpha value is -3.02. The molecule has 1 atom stereocenters. The molecule has 0 saturated carbocycles. The fraction of sp³-hybridized carbons (Fsp3) is 0.333. The molecule has 1 N–H and O–H groups in total. The van der Waals surface area contributed by atoms with Gasteiger partial charge in [-0.25, -0.2) is 0 Å². The Morgan fingerprint density at radius 2 is 1.78 bits per heavy atom. The van der Waals surface area contributed by atoms with E-state index in [-0.39, 0.29) is 17.9 Å². The van der Waals surface area contributed by atoms with E-state index in [1.807, 2.05) is 43.3 Å². The summed E-state index contributed by atoms with van der Waals surface area (Å²) in [5, 5.41) is 2.92. The highest BCUT2D eigenvalue weighted by Gasteiger charge is 2.21. The Balaban J connectivity index is 1.50. The topological polar surface area (TPSA) is 67.9 Å². The van der Waals surface area contributed by atoms with Crippen molar-refractivity contribution < 1.29 is 19.1 Å². The Morgan fingerprint density at radius 3 is 2.37 bits per heavy atom. The summed E-state index contributed by atoms with van der Waals surface area (Å²) in [7, 11) is 1.61. The quantitative estimate of drug-likeness (QED) is 0.816. The molecule has 1 aliphatic rings. The molecular weight excluding hydrogens is 344 g/mol. The Bertz CT molecular complexity index is 787. The van der Waals surface area contributed by atoms with Gasteiger partial charge in [0.1, 0.15) is 18.1 Å². The number of methoxy groups -OCH3 is 1. The highest BCUT2D eigenvalue weighted by molar-refractivity contribution is 5.97. The average Bonchev–Trinajstić information content (AvgIpc) is 3.12. The molecule has 0 aromatic heterocycles. The molecule has 1 fully saturated rings. The third-order valence-electron chi connectivity index (χ3n) is 4.45. The van der Waals surface area contributed by atoms with Crippen molar-refractivity contribution in [3.63, 3.8) is 0 Å². The van der Waals surface area contributed by atoms with Gasteiger partial charge in [0.05, 0.1) is 13.2 Å². The van der Waals surface area contributed by atoms with E-state index in [9.17, 15) is 9.59 Å². The lowest BCUT2D eigenvalue weighted by Crippen LogP contribution is -2.36. The zero-order chi connectivity index (χ0) is 19.2. The minimum Gasteiger partial charge on any atom is -0.497 e. The summed E-state index contributed by atoms with van der Waals surface area (Å²) in [6.07, 6.45) is 1.47. The number of ether oxygens (including phenoxy) is 2. The van der Waals surface area contributed by atoms with E-state index >= 15 is 0 Å². The van der Waals surface area contributed by atoms with Crippen molar-refractivity contribution in [1.29, 1.82) is 0 Å². The van der Waals surface area contributed by atoms with Crippen molar-refractivity contribution in [2.75, 3.05) is 25.2 Å². The lowest BCUT2D eigenvalue weighted by molar-refractivity contribution is -0.117. The minimum absolute atomic E-state index is 0.136. The highest BCUT2D eigenvalue weighted by atomic mass is 16.5. The molecule has 2 aromatic carbocycles. The summed E-state index contributed by atoms with van der Waals surface area (Å²) in [4.78, 5) is 25.9. The van der Waals surface area contributed by atoms with Gasteiger partial charge < -0.3 is 19.7 Å². The summed E-state index contributed by atoms with van der Waals surface area (Å²) in [5.41, 5.74) is 1.40. The molecule has 2 aromatic rings. The predicted octanol–water partition coefficient (Wildman–Crippen LogP) is 3.02. The first-order valence-electron chi connectivity index (χ1n) is 9.05. The third-order valence-corrected chi connectivity index (χ3v) is 4.45. The zero-order valence-electron chi connectivity index (χ0n) is 15.6. The monoisotopic (exact) mass is 368 g/mol. The Morgan fingerprint density at radius 1 is 1.11 bits per heavy atom. The van der Waals surface area contributed by atoms with Crippen LogP contribution in [0.25, 0.3) is 0 Å². The van der Waals surface area contributed by atoms with Crippen LogP contribution in [0.1, 0.15) is 30.1 Å². The van der Waals surface area contributed by atoms with E-state index in [1.165, 1.54) is 0 Å². The molecule has 142 valence electrons. The number of hydrogen-bond acceptors (Lipinski definition) is 4. The first-order chi connectivity index (χ1) is 13.1. The van der Waals surface area contributed by atoms with E-state index in [1.54, 1.807) is 24.1 Å². The highest BCUT2D eigenvalue weighted by Crippen LogP contribution is 2.21. The Kier molecular flexibility index (Phi) is 5.96. The molecule has 0 aliphatic carbocycles. The van der Waals surface area contributed by atoms with Gasteiger partial charge in [0, 0.05) is 24.2 Å². The van der Waals surface area contributed by atoms with Gasteiger partial charge in [-0.2, -0.15) is 0 Å². The van der Waals surface area contributed by atoms with Crippen LogP contribution in [-0.2, 0) is 4.79 Å². The van der Waals surface area contributed by atoms with Crippen molar-refractivity contribution >= 4 is 17.5 Å². The van der Waals surface area contributed by atoms with Crippen molar-refractivity contribution in [2.24, 2.45) is 0 Å². The molecule has 0 bridgehead atoms. The van der Waals surface area contributed by atoms with Gasteiger partial charge in [-0.05, 0) is 61.9 Å². The largest absolute Gasteiger partial charge is 0.497 e. The van der Waals surface area contributed by atoms with E-state index in [0.717, 1.165) is 30.2 Å². The first-order valence-corrected chi connectivity index (χ1v) is 9.05. The number of amides is 2. The standard InChI is InChI=1S/C21H24N2O4/c1-15(14-27-19-11-9-18(26-2)10-12-19)22-21(25)16-5-7-17(8-6-16)23-13-3-4-20(23)24/h5-12,15H,3-4,13-14H2,1-2H3,(H,22,25). The number of carbonyl (C=O) groups is 2. The number of hydrogen-bond donors (Lipinski definition) is 1. The normalized spacial score (nSPS) is 14.7. The van der Waals surface area contributed by atoms with Gasteiger partial charge in [-0.15, -0.1) is 0 Å². The number of carbonyl (C=O) groups excluding carboxylic acids is 2. The van der Waals surface area contributed by atoms with Crippen LogP contribution in [0.15, 0.2) is 48.5 Å². The molecule has 0 spiro atoms. The second-order valence-corrected chi connectivity index (χ2v) is 6.56. The molecule has 2 amide bonds. The van der Waals surface area contributed by atoms with Crippen LogP contribution in [-0.4, -0.2) is 38.1 Å². The fourth-order valence-electron chi connectivity index (χ4n) is 2.96. The molecule has 1 unspecified atom stereocenters. The maximum Gasteiger partial charge on any atom is 0.251 e. The average molecular weight is 368 g/mol. The molecule has 6 nitrogen and oxygen atoms in total. The van der Waals surface area contributed by atoms with Gasteiger partial charge in [0.15, 0.2) is 0 Å². The molecule has 1 saturated heterocycles. The maximum atomic E-state index is 12.4. The van der Waals surface area contributed by atoms with Gasteiger partial charge in [0.25, 0.3) is 5.91 Å². The van der Waals surface area contributed by atoms with Crippen LogP contribution in [0, 0.1) is 0 Å². The summed E-state index contributed by atoms with van der Waals surface area (Å²) in [6, 6.07) is 14.3. The molecule has 1 aliphatic heterocycles. The first kappa shape index (κ1) is 18.8. The summed E-state index contributed by atoms with van der Waals surface area (Å²) in [6.45, 7) is 2.99.